The third-order valence-electron chi connectivity index (χ3n) is 3.90. The zero-order valence-corrected chi connectivity index (χ0v) is 17.6. The lowest BCUT2D eigenvalue weighted by atomic mass is 10.1. The van der Waals surface area contributed by atoms with Gasteiger partial charge in [-0.25, -0.2) is 4.79 Å². The molecule has 0 radical (unpaired) electrons. The Kier molecular flexibility index (Phi) is 8.63. The van der Waals surface area contributed by atoms with Gasteiger partial charge in [0.25, 0.3) is 5.91 Å². The maximum Gasteiger partial charge on any atom is 0.326 e. The summed E-state index contributed by atoms with van der Waals surface area (Å²) in [5.74, 6) is -1.42. The molecule has 7 heteroatoms. The molecule has 2 amide bonds. The van der Waals surface area contributed by atoms with Crippen LogP contribution in [0.5, 0.6) is 0 Å². The molecule has 1 unspecified atom stereocenters. The summed E-state index contributed by atoms with van der Waals surface area (Å²) >= 11 is 0. The second-order valence-corrected chi connectivity index (χ2v) is 8.29. The second-order valence-electron chi connectivity index (χ2n) is 8.29. The Morgan fingerprint density at radius 1 is 1.18 bits per heavy atom. The van der Waals surface area contributed by atoms with Crippen molar-refractivity contribution in [1.82, 2.24) is 5.32 Å². The normalized spacial score (nSPS) is 12.5. The fourth-order valence-electron chi connectivity index (χ4n) is 2.50. The number of anilines is 1. The average Bonchev–Trinajstić information content (AvgIpc) is 2.53. The standard InChI is InChI=1S/C21H32N2O5/c1-13(2)11-18(24)22-16-8-7-15(12-14(16)3)19(25)23-17(20(26)27)9-10-28-21(4,5)6/h7-8,12-13,17H,9-11H2,1-6H3,(H,22,24)(H,23,25)(H,26,27). The van der Waals surface area contributed by atoms with Crippen LogP contribution in [0, 0.1) is 12.8 Å². The Balaban J connectivity index is 2.75. The van der Waals surface area contributed by atoms with Crippen molar-refractivity contribution >= 4 is 23.5 Å². The van der Waals surface area contributed by atoms with Crippen LogP contribution in [0.25, 0.3) is 0 Å². The topological polar surface area (TPSA) is 105 Å². The summed E-state index contributed by atoms with van der Waals surface area (Å²) in [7, 11) is 0. The van der Waals surface area contributed by atoms with Crippen molar-refractivity contribution in [2.24, 2.45) is 5.92 Å². The van der Waals surface area contributed by atoms with Gasteiger partial charge in [0.2, 0.25) is 5.91 Å². The number of carboxylic acids is 1. The van der Waals surface area contributed by atoms with Crippen LogP contribution in [0.2, 0.25) is 0 Å². The van der Waals surface area contributed by atoms with Gasteiger partial charge in [-0.15, -0.1) is 0 Å². The van der Waals surface area contributed by atoms with Crippen molar-refractivity contribution in [3.8, 4) is 0 Å². The zero-order valence-electron chi connectivity index (χ0n) is 17.6. The Morgan fingerprint density at radius 3 is 2.32 bits per heavy atom. The number of amides is 2. The number of aliphatic carboxylic acids is 1. The van der Waals surface area contributed by atoms with Gasteiger partial charge in [0.05, 0.1) is 5.60 Å². The number of carbonyl (C=O) groups is 3. The molecule has 3 N–H and O–H groups in total. The van der Waals surface area contributed by atoms with Crippen molar-refractivity contribution in [2.45, 2.75) is 66.0 Å². The summed E-state index contributed by atoms with van der Waals surface area (Å²) in [5, 5.41) is 14.7. The highest BCUT2D eigenvalue weighted by molar-refractivity contribution is 5.98. The van der Waals surface area contributed by atoms with E-state index >= 15 is 0 Å². The minimum absolute atomic E-state index is 0.0832. The van der Waals surface area contributed by atoms with E-state index in [0.717, 1.165) is 5.56 Å². The third kappa shape index (κ3) is 8.52. The van der Waals surface area contributed by atoms with E-state index in [0.29, 0.717) is 17.7 Å². The maximum atomic E-state index is 12.4. The number of carboxylic acid groups (broad SMARTS) is 1. The highest BCUT2D eigenvalue weighted by atomic mass is 16.5. The molecule has 7 nitrogen and oxygen atoms in total. The molecule has 1 aromatic carbocycles. The molecule has 1 aromatic rings. The predicted octanol–water partition coefficient (Wildman–Crippen LogP) is 3.37. The molecule has 0 heterocycles. The van der Waals surface area contributed by atoms with Gasteiger partial charge in [-0.2, -0.15) is 0 Å². The number of hydrogen-bond acceptors (Lipinski definition) is 4. The molecule has 28 heavy (non-hydrogen) atoms. The quantitative estimate of drug-likeness (QED) is 0.598. The minimum atomic E-state index is -1.11. The first-order valence-electron chi connectivity index (χ1n) is 9.47. The SMILES string of the molecule is Cc1cc(C(=O)NC(CCOC(C)(C)C)C(=O)O)ccc1NC(=O)CC(C)C. The first kappa shape index (κ1) is 23.6. The molecule has 1 atom stereocenters. The van der Waals surface area contributed by atoms with Crippen molar-refractivity contribution < 1.29 is 24.2 Å². The molecular weight excluding hydrogens is 360 g/mol. The van der Waals surface area contributed by atoms with E-state index in [4.69, 9.17) is 4.74 Å². The van der Waals surface area contributed by atoms with Gasteiger partial charge in [-0.1, -0.05) is 13.8 Å². The van der Waals surface area contributed by atoms with E-state index in [1.54, 1.807) is 25.1 Å². The Morgan fingerprint density at radius 2 is 1.82 bits per heavy atom. The average molecular weight is 392 g/mol. The van der Waals surface area contributed by atoms with E-state index in [1.165, 1.54) is 0 Å². The predicted molar refractivity (Wildman–Crippen MR) is 108 cm³/mol. The number of aryl methyl sites for hydroxylation is 1. The Hall–Kier alpha value is -2.41. The van der Waals surface area contributed by atoms with Crippen LogP contribution in [0.4, 0.5) is 5.69 Å². The van der Waals surface area contributed by atoms with Crippen LogP contribution < -0.4 is 10.6 Å². The van der Waals surface area contributed by atoms with Crippen LogP contribution in [0.3, 0.4) is 0 Å². The van der Waals surface area contributed by atoms with Gasteiger partial charge in [-0.3, -0.25) is 9.59 Å². The number of nitrogens with one attached hydrogen (secondary N) is 2. The first-order chi connectivity index (χ1) is 12.9. The Labute approximate surface area is 166 Å². The fourth-order valence-corrected chi connectivity index (χ4v) is 2.50. The van der Waals surface area contributed by atoms with Crippen molar-refractivity contribution in [2.75, 3.05) is 11.9 Å². The number of hydrogen-bond donors (Lipinski definition) is 3. The Bertz CT molecular complexity index is 707. The van der Waals surface area contributed by atoms with Gasteiger partial charge < -0.3 is 20.5 Å². The van der Waals surface area contributed by atoms with Crippen LogP contribution in [-0.4, -0.2) is 41.1 Å². The first-order valence-corrected chi connectivity index (χ1v) is 9.47. The number of benzene rings is 1. The lowest BCUT2D eigenvalue weighted by Crippen LogP contribution is -2.42. The van der Waals surface area contributed by atoms with E-state index < -0.39 is 17.9 Å². The van der Waals surface area contributed by atoms with Gasteiger partial charge in [0, 0.05) is 30.7 Å². The highest BCUT2D eigenvalue weighted by Crippen LogP contribution is 2.18. The third-order valence-corrected chi connectivity index (χ3v) is 3.90. The molecular formula is C21H32N2O5. The molecule has 0 saturated heterocycles. The second kappa shape index (κ2) is 10.2. The smallest absolute Gasteiger partial charge is 0.326 e. The molecule has 0 fully saturated rings. The van der Waals surface area contributed by atoms with Crippen molar-refractivity contribution in [3.05, 3.63) is 29.3 Å². The monoisotopic (exact) mass is 392 g/mol. The van der Waals surface area contributed by atoms with Crippen LogP contribution in [0.15, 0.2) is 18.2 Å². The van der Waals surface area contributed by atoms with Gasteiger partial charge in [0.15, 0.2) is 0 Å². The molecule has 0 saturated carbocycles. The summed E-state index contributed by atoms with van der Waals surface area (Å²) in [6.45, 7) is 11.6. The number of carbonyl (C=O) groups excluding carboxylic acids is 2. The molecule has 0 aromatic heterocycles. The lowest BCUT2D eigenvalue weighted by Gasteiger charge is -2.21. The molecule has 0 spiro atoms. The highest BCUT2D eigenvalue weighted by Gasteiger charge is 2.22. The molecule has 0 aliphatic rings. The summed E-state index contributed by atoms with van der Waals surface area (Å²) in [4.78, 5) is 35.8. The summed E-state index contributed by atoms with van der Waals surface area (Å²) in [6, 6.07) is 3.81. The summed E-state index contributed by atoms with van der Waals surface area (Å²) in [6.07, 6.45) is 0.583. The summed E-state index contributed by atoms with van der Waals surface area (Å²) in [5.41, 5.74) is 1.32. The van der Waals surface area contributed by atoms with E-state index in [1.807, 2.05) is 34.6 Å². The molecule has 1 rings (SSSR count). The lowest BCUT2D eigenvalue weighted by molar-refractivity contribution is -0.140. The zero-order chi connectivity index (χ0) is 21.5. The van der Waals surface area contributed by atoms with E-state index in [2.05, 4.69) is 10.6 Å². The van der Waals surface area contributed by atoms with Gasteiger partial charge in [0.1, 0.15) is 6.04 Å². The molecule has 0 aliphatic carbocycles. The van der Waals surface area contributed by atoms with Crippen LogP contribution in [0.1, 0.15) is 63.4 Å². The van der Waals surface area contributed by atoms with Crippen LogP contribution >= 0.6 is 0 Å². The summed E-state index contributed by atoms with van der Waals surface area (Å²) < 4.78 is 5.54. The molecule has 0 aliphatic heterocycles. The minimum Gasteiger partial charge on any atom is -0.480 e. The number of rotatable bonds is 9. The molecule has 156 valence electrons. The van der Waals surface area contributed by atoms with E-state index in [-0.39, 0.29) is 30.5 Å². The largest absolute Gasteiger partial charge is 0.480 e. The van der Waals surface area contributed by atoms with Gasteiger partial charge >= 0.3 is 5.97 Å². The van der Waals surface area contributed by atoms with Crippen LogP contribution in [-0.2, 0) is 14.3 Å². The maximum absolute atomic E-state index is 12.4. The van der Waals surface area contributed by atoms with Crippen molar-refractivity contribution in [3.63, 3.8) is 0 Å². The molecule has 0 bridgehead atoms. The van der Waals surface area contributed by atoms with Gasteiger partial charge in [-0.05, 0) is 57.4 Å². The fraction of sp³-hybridized carbons (Fsp3) is 0.571. The number of ether oxygens (including phenoxy) is 1. The van der Waals surface area contributed by atoms with E-state index in [9.17, 15) is 19.5 Å². The van der Waals surface area contributed by atoms with Crippen molar-refractivity contribution in [1.29, 1.82) is 0 Å².